The molecule has 0 bridgehead atoms. The molecule has 5 heteroatoms. The summed E-state index contributed by atoms with van der Waals surface area (Å²) in [6.07, 6.45) is 1.47. The third-order valence-electron chi connectivity index (χ3n) is 4.85. The molecule has 2 aromatic rings. The Morgan fingerprint density at radius 1 is 0.964 bits per heavy atom. The van der Waals surface area contributed by atoms with Gasteiger partial charge in [0.05, 0.1) is 6.42 Å². The van der Waals surface area contributed by atoms with Crippen LogP contribution < -0.4 is 5.32 Å². The van der Waals surface area contributed by atoms with Gasteiger partial charge in [0, 0.05) is 12.6 Å². The predicted molar refractivity (Wildman–Crippen MR) is 109 cm³/mol. The van der Waals surface area contributed by atoms with Crippen LogP contribution in [0.1, 0.15) is 44.7 Å². The molecule has 0 aromatic heterocycles. The van der Waals surface area contributed by atoms with Crippen LogP contribution in [0.2, 0.25) is 0 Å². The van der Waals surface area contributed by atoms with Gasteiger partial charge in [0.15, 0.2) is 0 Å². The molecule has 0 saturated carbocycles. The fraction of sp³-hybridized carbons (Fsp3) is 0.391. The van der Waals surface area contributed by atoms with E-state index < -0.39 is 6.04 Å². The normalized spacial score (nSPS) is 12.9. The van der Waals surface area contributed by atoms with Crippen molar-refractivity contribution < 1.29 is 14.0 Å². The van der Waals surface area contributed by atoms with Gasteiger partial charge in [-0.2, -0.15) is 0 Å². The molecule has 0 fully saturated rings. The van der Waals surface area contributed by atoms with Crippen LogP contribution in [0.3, 0.4) is 0 Å². The third kappa shape index (κ3) is 6.19. The molecule has 2 rings (SSSR count). The first-order valence-corrected chi connectivity index (χ1v) is 9.82. The van der Waals surface area contributed by atoms with Gasteiger partial charge in [-0.15, -0.1) is 0 Å². The number of carbonyl (C=O) groups is 2. The Labute approximate surface area is 166 Å². The first-order chi connectivity index (χ1) is 13.4. The van der Waals surface area contributed by atoms with E-state index in [0.717, 1.165) is 17.5 Å². The van der Waals surface area contributed by atoms with Crippen molar-refractivity contribution in [3.8, 4) is 0 Å². The Balaban J connectivity index is 2.24. The summed E-state index contributed by atoms with van der Waals surface area (Å²) in [5, 5.41) is 2.99. The summed E-state index contributed by atoms with van der Waals surface area (Å²) in [6.45, 7) is 6.22. The number of rotatable bonds is 9. The molecule has 0 aliphatic carbocycles. The van der Waals surface area contributed by atoms with Crippen LogP contribution >= 0.6 is 0 Å². The zero-order chi connectivity index (χ0) is 20.5. The highest BCUT2D eigenvalue weighted by Gasteiger charge is 2.29. The highest BCUT2D eigenvalue weighted by atomic mass is 19.1. The molecule has 28 heavy (non-hydrogen) atoms. The van der Waals surface area contributed by atoms with E-state index in [9.17, 15) is 14.0 Å². The van der Waals surface area contributed by atoms with Gasteiger partial charge in [-0.05, 0) is 43.0 Å². The maximum atomic E-state index is 13.2. The molecule has 150 valence electrons. The van der Waals surface area contributed by atoms with E-state index in [-0.39, 0.29) is 30.1 Å². The highest BCUT2D eigenvalue weighted by Crippen LogP contribution is 2.15. The fourth-order valence-electron chi connectivity index (χ4n) is 3.02. The van der Waals surface area contributed by atoms with E-state index in [4.69, 9.17) is 0 Å². The second kappa shape index (κ2) is 10.6. The van der Waals surface area contributed by atoms with Crippen molar-refractivity contribution in [2.45, 2.75) is 58.7 Å². The minimum absolute atomic E-state index is 0.0484. The number of hydrogen-bond donors (Lipinski definition) is 1. The topological polar surface area (TPSA) is 49.4 Å². The largest absolute Gasteiger partial charge is 0.352 e. The fourth-order valence-corrected chi connectivity index (χ4v) is 3.02. The van der Waals surface area contributed by atoms with E-state index in [1.54, 1.807) is 17.0 Å². The zero-order valence-corrected chi connectivity index (χ0v) is 16.8. The van der Waals surface area contributed by atoms with Crippen LogP contribution in [-0.2, 0) is 22.6 Å². The van der Waals surface area contributed by atoms with E-state index in [1.165, 1.54) is 12.1 Å². The van der Waals surface area contributed by atoms with Crippen molar-refractivity contribution in [3.05, 3.63) is 71.5 Å². The number of hydrogen-bond acceptors (Lipinski definition) is 2. The third-order valence-corrected chi connectivity index (χ3v) is 4.85. The van der Waals surface area contributed by atoms with Gasteiger partial charge in [0.1, 0.15) is 11.9 Å². The molecule has 0 saturated heterocycles. The van der Waals surface area contributed by atoms with Gasteiger partial charge in [-0.3, -0.25) is 9.59 Å². The van der Waals surface area contributed by atoms with Gasteiger partial charge >= 0.3 is 0 Å². The van der Waals surface area contributed by atoms with E-state index >= 15 is 0 Å². The van der Waals surface area contributed by atoms with Gasteiger partial charge in [-0.1, -0.05) is 56.3 Å². The van der Waals surface area contributed by atoms with Crippen molar-refractivity contribution in [2.24, 2.45) is 0 Å². The van der Waals surface area contributed by atoms with Crippen LogP contribution in [-0.4, -0.2) is 28.8 Å². The van der Waals surface area contributed by atoms with Gasteiger partial charge in [0.2, 0.25) is 11.8 Å². The maximum Gasteiger partial charge on any atom is 0.243 e. The molecule has 0 unspecified atom stereocenters. The molecular weight excluding hydrogens is 355 g/mol. The monoisotopic (exact) mass is 384 g/mol. The molecule has 0 radical (unpaired) electrons. The summed E-state index contributed by atoms with van der Waals surface area (Å²) in [7, 11) is 0. The van der Waals surface area contributed by atoms with Crippen molar-refractivity contribution in [3.63, 3.8) is 0 Å². The van der Waals surface area contributed by atoms with Crippen LogP contribution in [0, 0.1) is 5.82 Å². The Morgan fingerprint density at radius 2 is 1.61 bits per heavy atom. The minimum atomic E-state index is -0.554. The lowest BCUT2D eigenvalue weighted by molar-refractivity contribution is -0.141. The average molecular weight is 384 g/mol. The quantitative estimate of drug-likeness (QED) is 0.708. The Kier molecular flexibility index (Phi) is 8.18. The number of amides is 2. The first-order valence-electron chi connectivity index (χ1n) is 9.82. The summed E-state index contributed by atoms with van der Waals surface area (Å²) >= 11 is 0. The molecule has 4 nitrogen and oxygen atoms in total. The van der Waals surface area contributed by atoms with Crippen molar-refractivity contribution >= 4 is 11.8 Å². The average Bonchev–Trinajstić information content (AvgIpc) is 2.70. The molecule has 2 aromatic carbocycles. The lowest BCUT2D eigenvalue weighted by Gasteiger charge is -2.31. The Morgan fingerprint density at radius 3 is 2.18 bits per heavy atom. The lowest BCUT2D eigenvalue weighted by atomic mass is 10.1. The second-order valence-electron chi connectivity index (χ2n) is 7.05. The number of carbonyl (C=O) groups excluding carboxylic acids is 2. The molecular formula is C23H29FN2O2. The standard InChI is InChI=1S/C23H29FN2O2/c1-4-17(3)25-23(28)21(5-2)26(16-19-9-7-6-8-10-19)22(27)15-18-11-13-20(24)14-12-18/h6-14,17,21H,4-5,15-16H2,1-3H3,(H,25,28)/t17-,21-/m0/s1. The summed E-state index contributed by atoms with van der Waals surface area (Å²) in [5.41, 5.74) is 1.69. The van der Waals surface area contributed by atoms with Gasteiger partial charge in [0.25, 0.3) is 0 Å². The SMILES string of the molecule is CC[C@H](C)NC(=O)[C@H](CC)N(Cc1ccccc1)C(=O)Cc1ccc(F)cc1. The molecule has 0 aliphatic rings. The number of benzene rings is 2. The smallest absolute Gasteiger partial charge is 0.243 e. The molecule has 1 N–H and O–H groups in total. The van der Waals surface area contributed by atoms with E-state index in [0.29, 0.717) is 13.0 Å². The van der Waals surface area contributed by atoms with Gasteiger partial charge < -0.3 is 10.2 Å². The second-order valence-corrected chi connectivity index (χ2v) is 7.05. The minimum Gasteiger partial charge on any atom is -0.352 e. The summed E-state index contributed by atoms with van der Waals surface area (Å²) in [4.78, 5) is 27.6. The summed E-state index contributed by atoms with van der Waals surface area (Å²) in [5.74, 6) is -0.626. The Bertz CT molecular complexity index is 762. The van der Waals surface area contributed by atoms with Crippen LogP contribution in [0.25, 0.3) is 0 Å². The van der Waals surface area contributed by atoms with Crippen molar-refractivity contribution in [1.29, 1.82) is 0 Å². The van der Waals surface area contributed by atoms with E-state index in [1.807, 2.05) is 51.1 Å². The predicted octanol–water partition coefficient (Wildman–Crippen LogP) is 4.09. The molecule has 0 heterocycles. The van der Waals surface area contributed by atoms with Crippen LogP contribution in [0.15, 0.2) is 54.6 Å². The molecule has 0 spiro atoms. The highest BCUT2D eigenvalue weighted by molar-refractivity contribution is 5.88. The van der Waals surface area contributed by atoms with E-state index in [2.05, 4.69) is 5.32 Å². The summed E-state index contributed by atoms with van der Waals surface area (Å²) in [6, 6.07) is 15.0. The van der Waals surface area contributed by atoms with Crippen molar-refractivity contribution in [2.75, 3.05) is 0 Å². The Hall–Kier alpha value is -2.69. The number of halogens is 1. The van der Waals surface area contributed by atoms with Crippen molar-refractivity contribution in [1.82, 2.24) is 10.2 Å². The molecule has 0 aliphatic heterocycles. The lowest BCUT2D eigenvalue weighted by Crippen LogP contribution is -2.51. The van der Waals surface area contributed by atoms with Crippen LogP contribution in [0.5, 0.6) is 0 Å². The molecule has 2 atom stereocenters. The van der Waals surface area contributed by atoms with Gasteiger partial charge in [-0.25, -0.2) is 4.39 Å². The van der Waals surface area contributed by atoms with Crippen LogP contribution in [0.4, 0.5) is 4.39 Å². The summed E-state index contributed by atoms with van der Waals surface area (Å²) < 4.78 is 13.2. The zero-order valence-electron chi connectivity index (χ0n) is 16.8. The number of nitrogens with zero attached hydrogens (tertiary/aromatic N) is 1. The first kappa shape index (κ1) is 21.6. The molecule has 2 amide bonds. The number of nitrogens with one attached hydrogen (secondary N) is 1. The maximum absolute atomic E-state index is 13.2.